The Balaban J connectivity index is 2.26. The zero-order chi connectivity index (χ0) is 17.6. The predicted molar refractivity (Wildman–Crippen MR) is 79.2 cm³/mol. The fourth-order valence-corrected chi connectivity index (χ4v) is 4.05. The Morgan fingerprint density at radius 1 is 1.17 bits per heavy atom. The molecule has 3 aliphatic rings. The minimum absolute atomic E-state index is 0.0320. The van der Waals surface area contributed by atoms with Crippen molar-refractivity contribution in [3.8, 4) is 0 Å². The lowest BCUT2D eigenvalue weighted by Gasteiger charge is -2.45. The number of Topliss-reactive ketones (excluding diaryl/α,β-unsaturated/α-hetero) is 1. The summed E-state index contributed by atoms with van der Waals surface area (Å²) in [5.74, 6) is -5.27. The van der Waals surface area contributed by atoms with Gasteiger partial charge in [0.1, 0.15) is 5.78 Å². The molecule has 1 saturated carbocycles. The molecule has 1 aromatic carbocycles. The van der Waals surface area contributed by atoms with E-state index in [1.165, 1.54) is 26.4 Å². The second kappa shape index (κ2) is 5.70. The topological polar surface area (TPSA) is 113 Å². The van der Waals surface area contributed by atoms with Crippen molar-refractivity contribution in [3.63, 3.8) is 0 Å². The van der Waals surface area contributed by atoms with Gasteiger partial charge in [0.25, 0.3) is 5.69 Å². The summed E-state index contributed by atoms with van der Waals surface area (Å²) in [4.78, 5) is 47.8. The van der Waals surface area contributed by atoms with E-state index in [9.17, 15) is 24.5 Å². The summed E-state index contributed by atoms with van der Waals surface area (Å²) in [5, 5.41) is 11.4. The number of rotatable bonds is 3. The Morgan fingerprint density at radius 2 is 1.79 bits per heavy atom. The molecule has 0 amide bonds. The number of esters is 2. The Kier molecular flexibility index (Phi) is 3.82. The van der Waals surface area contributed by atoms with Gasteiger partial charge in [-0.15, -0.1) is 0 Å². The molecule has 3 aliphatic carbocycles. The summed E-state index contributed by atoms with van der Waals surface area (Å²) in [6.45, 7) is 0. The highest BCUT2D eigenvalue weighted by molar-refractivity contribution is 5.99. The van der Waals surface area contributed by atoms with Gasteiger partial charge in [-0.3, -0.25) is 24.5 Å². The molecule has 0 spiro atoms. The van der Waals surface area contributed by atoms with Crippen LogP contribution >= 0.6 is 0 Å². The molecule has 0 unspecified atom stereocenters. The van der Waals surface area contributed by atoms with Gasteiger partial charge in [0.05, 0.1) is 36.9 Å². The molecule has 0 aromatic heterocycles. The molecule has 8 nitrogen and oxygen atoms in total. The predicted octanol–water partition coefficient (Wildman–Crippen LogP) is 1.33. The Morgan fingerprint density at radius 3 is 2.38 bits per heavy atom. The van der Waals surface area contributed by atoms with Gasteiger partial charge in [0.15, 0.2) is 0 Å². The standard InChI is InChI=1S/C16H15NO7/c1-23-15(19)13-8-6-10(18)12(14(13)16(20)24-2)7-4-3-5-9(11(7)8)17(21)22/h3-5,8,12-14H,6H2,1-2H3/t8-,12+,13+,14+/m1/s1. The third-order valence-electron chi connectivity index (χ3n) is 4.91. The first-order valence-electron chi connectivity index (χ1n) is 7.38. The second-order valence-corrected chi connectivity index (χ2v) is 5.89. The van der Waals surface area contributed by atoms with E-state index in [1.807, 2.05) is 0 Å². The van der Waals surface area contributed by atoms with Crippen LogP contribution in [0.2, 0.25) is 0 Å². The zero-order valence-electron chi connectivity index (χ0n) is 13.1. The van der Waals surface area contributed by atoms with Crippen LogP contribution in [0, 0.1) is 22.0 Å². The zero-order valence-corrected chi connectivity index (χ0v) is 13.1. The lowest BCUT2D eigenvalue weighted by atomic mass is 9.55. The van der Waals surface area contributed by atoms with Gasteiger partial charge < -0.3 is 9.47 Å². The molecule has 2 bridgehead atoms. The van der Waals surface area contributed by atoms with Gasteiger partial charge in [-0.2, -0.15) is 0 Å². The summed E-state index contributed by atoms with van der Waals surface area (Å²) in [6.07, 6.45) is -0.0320. The maximum absolute atomic E-state index is 12.5. The lowest BCUT2D eigenvalue weighted by molar-refractivity contribution is -0.386. The van der Waals surface area contributed by atoms with Crippen LogP contribution in [-0.4, -0.2) is 36.9 Å². The Labute approximate surface area is 136 Å². The third-order valence-corrected chi connectivity index (χ3v) is 4.91. The second-order valence-electron chi connectivity index (χ2n) is 5.89. The van der Waals surface area contributed by atoms with Crippen LogP contribution in [0.5, 0.6) is 0 Å². The number of hydrogen-bond acceptors (Lipinski definition) is 7. The highest BCUT2D eigenvalue weighted by Crippen LogP contribution is 2.56. The molecular formula is C16H15NO7. The summed E-state index contributed by atoms with van der Waals surface area (Å²) in [6, 6.07) is 4.42. The molecule has 1 aromatic rings. The number of nitrogens with zero attached hydrogens (tertiary/aromatic N) is 1. The molecule has 0 heterocycles. The molecule has 4 rings (SSSR count). The van der Waals surface area contributed by atoms with Crippen LogP contribution < -0.4 is 0 Å². The van der Waals surface area contributed by atoms with Crippen molar-refractivity contribution in [1.29, 1.82) is 0 Å². The molecule has 0 saturated heterocycles. The van der Waals surface area contributed by atoms with Gasteiger partial charge in [-0.1, -0.05) is 12.1 Å². The quantitative estimate of drug-likeness (QED) is 0.466. The molecule has 0 N–H and O–H groups in total. The molecule has 1 fully saturated rings. The normalized spacial score (nSPS) is 27.3. The number of fused-ring (bicyclic) bond motifs is 2. The van der Waals surface area contributed by atoms with E-state index in [2.05, 4.69) is 0 Å². The summed E-state index contributed by atoms with van der Waals surface area (Å²) in [7, 11) is 2.36. The molecule has 4 atom stereocenters. The molecule has 0 aliphatic heterocycles. The van der Waals surface area contributed by atoms with E-state index in [4.69, 9.17) is 9.47 Å². The number of methoxy groups -OCH3 is 2. The van der Waals surface area contributed by atoms with E-state index in [0.717, 1.165) is 0 Å². The maximum Gasteiger partial charge on any atom is 0.310 e. The first-order valence-corrected chi connectivity index (χ1v) is 7.38. The van der Waals surface area contributed by atoms with Crippen molar-refractivity contribution >= 4 is 23.4 Å². The number of ether oxygens (including phenoxy) is 2. The van der Waals surface area contributed by atoms with Crippen LogP contribution in [0.3, 0.4) is 0 Å². The fraction of sp³-hybridized carbons (Fsp3) is 0.438. The lowest BCUT2D eigenvalue weighted by Crippen LogP contribution is -2.50. The molecule has 8 heteroatoms. The average Bonchev–Trinajstić information content (AvgIpc) is 2.59. The third kappa shape index (κ3) is 2.10. The van der Waals surface area contributed by atoms with Gasteiger partial charge in [0.2, 0.25) is 0 Å². The van der Waals surface area contributed by atoms with E-state index in [1.54, 1.807) is 6.07 Å². The maximum atomic E-state index is 12.5. The molecule has 24 heavy (non-hydrogen) atoms. The number of benzene rings is 1. The van der Waals surface area contributed by atoms with Crippen LogP contribution in [0.4, 0.5) is 5.69 Å². The van der Waals surface area contributed by atoms with E-state index >= 15 is 0 Å². The number of carbonyl (C=O) groups is 3. The van der Waals surface area contributed by atoms with Gasteiger partial charge in [-0.05, 0) is 5.56 Å². The number of ketones is 1. The number of hydrogen-bond donors (Lipinski definition) is 0. The summed E-state index contributed by atoms with van der Waals surface area (Å²) < 4.78 is 9.57. The summed E-state index contributed by atoms with van der Waals surface area (Å²) in [5.41, 5.74) is 0.635. The monoisotopic (exact) mass is 333 g/mol. The van der Waals surface area contributed by atoms with E-state index < -0.39 is 40.5 Å². The van der Waals surface area contributed by atoms with Crippen molar-refractivity contribution in [2.45, 2.75) is 18.3 Å². The minimum Gasteiger partial charge on any atom is -0.469 e. The van der Waals surface area contributed by atoms with Crippen molar-refractivity contribution in [3.05, 3.63) is 39.4 Å². The van der Waals surface area contributed by atoms with Crippen molar-refractivity contribution in [2.24, 2.45) is 11.8 Å². The number of nitro groups is 1. The van der Waals surface area contributed by atoms with E-state index in [0.29, 0.717) is 11.1 Å². The van der Waals surface area contributed by atoms with Crippen molar-refractivity contribution in [2.75, 3.05) is 14.2 Å². The van der Waals surface area contributed by atoms with Crippen LogP contribution in [0.15, 0.2) is 18.2 Å². The minimum atomic E-state index is -1.02. The first kappa shape index (κ1) is 16.1. The Hall–Kier alpha value is -2.77. The smallest absolute Gasteiger partial charge is 0.310 e. The van der Waals surface area contributed by atoms with Crippen LogP contribution in [0.1, 0.15) is 29.4 Å². The molecule has 126 valence electrons. The van der Waals surface area contributed by atoms with Gasteiger partial charge in [-0.25, -0.2) is 0 Å². The van der Waals surface area contributed by atoms with Gasteiger partial charge in [0, 0.05) is 24.0 Å². The Bertz CT molecular complexity index is 757. The molecular weight excluding hydrogens is 318 g/mol. The highest BCUT2D eigenvalue weighted by atomic mass is 16.6. The number of nitro benzene ring substituents is 1. The van der Waals surface area contributed by atoms with Crippen molar-refractivity contribution in [1.82, 2.24) is 0 Å². The molecule has 0 radical (unpaired) electrons. The first-order chi connectivity index (χ1) is 11.4. The van der Waals surface area contributed by atoms with Gasteiger partial charge >= 0.3 is 11.9 Å². The van der Waals surface area contributed by atoms with Crippen LogP contribution in [0.25, 0.3) is 0 Å². The average molecular weight is 333 g/mol. The largest absolute Gasteiger partial charge is 0.469 e. The highest BCUT2D eigenvalue weighted by Gasteiger charge is 2.59. The van der Waals surface area contributed by atoms with Crippen LogP contribution in [-0.2, 0) is 23.9 Å². The summed E-state index contributed by atoms with van der Waals surface area (Å²) >= 11 is 0. The van der Waals surface area contributed by atoms with E-state index in [-0.39, 0.29) is 17.9 Å². The number of carbonyl (C=O) groups excluding carboxylic acids is 3. The SMILES string of the molecule is COC(=O)[C@@H]1[C@@H](C(=O)OC)[C@@H]2C(=O)C[C@@H]1c1c2cccc1[N+](=O)[O-]. The fourth-order valence-electron chi connectivity index (χ4n) is 4.05. The van der Waals surface area contributed by atoms with Crippen molar-refractivity contribution < 1.29 is 28.8 Å².